The van der Waals surface area contributed by atoms with Crippen molar-refractivity contribution in [3.63, 3.8) is 0 Å². The van der Waals surface area contributed by atoms with Gasteiger partial charge >= 0.3 is 5.97 Å². The molecule has 3 aromatic rings. The first kappa shape index (κ1) is 40.4. The Labute approximate surface area is 330 Å². The van der Waals surface area contributed by atoms with Gasteiger partial charge in [-0.3, -0.25) is 4.79 Å². The number of aliphatic hydroxyl groups excluding tert-OH is 7. The van der Waals surface area contributed by atoms with Gasteiger partial charge in [-0.2, -0.15) is 0 Å². The first-order chi connectivity index (χ1) is 28.0. The summed E-state index contributed by atoms with van der Waals surface area (Å²) in [5, 5.41) is 80.7. The van der Waals surface area contributed by atoms with Crippen molar-refractivity contribution >= 4 is 5.97 Å². The Bertz CT molecular complexity index is 1940. The third-order valence-electron chi connectivity index (χ3n) is 11.4. The van der Waals surface area contributed by atoms with E-state index in [1.54, 1.807) is 23.0 Å². The molecule has 0 amide bonds. The van der Waals surface area contributed by atoms with E-state index in [1.165, 1.54) is 21.3 Å². The van der Waals surface area contributed by atoms with Crippen LogP contribution in [0.25, 0.3) is 0 Å². The van der Waals surface area contributed by atoms with Crippen molar-refractivity contribution in [1.82, 2.24) is 15.0 Å². The molecule has 7 N–H and O–H groups in total. The summed E-state index contributed by atoms with van der Waals surface area (Å²) < 4.78 is 58.1. The smallest absolute Gasteiger partial charge is 0.310 e. The molecule has 8 rings (SSSR count). The molecule has 14 atom stereocenters. The molecular weight excluding hydrogens is 774 g/mol. The van der Waals surface area contributed by atoms with Crippen LogP contribution in [0.2, 0.25) is 0 Å². The summed E-state index contributed by atoms with van der Waals surface area (Å²) in [7, 11) is 4.52. The number of nitrogens with zero attached hydrogens (tertiary/aromatic N) is 3. The molecule has 21 nitrogen and oxygen atoms in total. The molecule has 4 aliphatic heterocycles. The van der Waals surface area contributed by atoms with Gasteiger partial charge in [-0.05, 0) is 41.0 Å². The van der Waals surface area contributed by atoms with Gasteiger partial charge in [-0.15, -0.1) is 5.10 Å². The monoisotopic (exact) mass is 819 g/mol. The third kappa shape index (κ3) is 6.98. The van der Waals surface area contributed by atoms with Gasteiger partial charge < -0.3 is 83.1 Å². The number of aromatic nitrogens is 3. The Morgan fingerprint density at radius 1 is 0.759 bits per heavy atom. The lowest BCUT2D eigenvalue weighted by Crippen LogP contribution is -2.61. The first-order valence-corrected chi connectivity index (χ1v) is 18.5. The fraction of sp³-hybridized carbons (Fsp3) is 0.595. The number of cyclic esters (lactones) is 1. The van der Waals surface area contributed by atoms with Crippen molar-refractivity contribution in [3.8, 4) is 28.7 Å². The molecule has 316 valence electrons. The summed E-state index contributed by atoms with van der Waals surface area (Å²) in [6, 6.07) is 6.73. The van der Waals surface area contributed by atoms with Crippen LogP contribution in [-0.2, 0) is 35.1 Å². The lowest BCUT2D eigenvalue weighted by atomic mass is 9.65. The quantitative estimate of drug-likeness (QED) is 0.0946. The minimum absolute atomic E-state index is 0.0129. The number of methoxy groups -OCH3 is 3. The van der Waals surface area contributed by atoms with Crippen LogP contribution in [0.4, 0.5) is 0 Å². The molecular formula is C37H45N3O18. The molecule has 5 heterocycles. The second-order valence-corrected chi connectivity index (χ2v) is 14.6. The summed E-state index contributed by atoms with van der Waals surface area (Å²) >= 11 is 0. The van der Waals surface area contributed by atoms with Crippen molar-refractivity contribution in [2.45, 2.75) is 80.0 Å². The normalized spacial score (nSPS) is 35.2. The molecule has 2 aromatic carbocycles. The predicted molar refractivity (Wildman–Crippen MR) is 188 cm³/mol. The van der Waals surface area contributed by atoms with E-state index in [4.69, 9.17) is 47.4 Å². The number of carbonyl (C=O) groups excluding carboxylic acids is 1. The topological polar surface area (TPSA) is 282 Å². The standard InChI is InChI=1S/C37H45N3O18/c1-49-21-4-14(5-22(50-2)34(21)51-3)25-16-6-19-20(56-13-55-19)7-17(16)27(18-11-52-35(48)26(18)25)40-8-15(38-39-40)10-53-36-33(47)31(45)29(43)24(58-36)12-54-37-32(46)30(44)28(42)23(9-41)57-37/h4-8,18,23-33,36-37,41-47H,9-13H2,1-3H3/t18-,23+,24+,25+,26-,27-,28+,29+,30-,31-,32+,33+,36+,37+/m0/s1. The molecule has 5 aliphatic rings. The number of benzene rings is 2. The maximum Gasteiger partial charge on any atom is 0.310 e. The molecule has 1 aliphatic carbocycles. The number of carbonyl (C=O) groups is 1. The van der Waals surface area contributed by atoms with Crippen LogP contribution in [0.3, 0.4) is 0 Å². The van der Waals surface area contributed by atoms with Crippen LogP contribution in [-0.4, -0.2) is 166 Å². The lowest BCUT2D eigenvalue weighted by molar-refractivity contribution is -0.332. The molecule has 1 aromatic heterocycles. The van der Waals surface area contributed by atoms with Crippen LogP contribution in [0.1, 0.15) is 34.3 Å². The molecule has 3 fully saturated rings. The van der Waals surface area contributed by atoms with E-state index in [-0.39, 0.29) is 25.7 Å². The van der Waals surface area contributed by atoms with Gasteiger partial charge in [0.15, 0.2) is 35.6 Å². The fourth-order valence-corrected chi connectivity index (χ4v) is 8.42. The van der Waals surface area contributed by atoms with Gasteiger partial charge in [0.25, 0.3) is 0 Å². The SMILES string of the molecule is COc1cc([C@@H]2c3cc4c(cc3[C@H](n3cc(CO[C@@H]5O[C@H](CO[C@@H]6O[C@H](CO)[C@@H](O)[C@H](O)[C@H]6O)[C@@H](O)[C@H](O)[C@H]5O)nn3)[C@H]3COC(=O)[C@H]23)OCO4)cc(OC)c1OC. The third-order valence-corrected chi connectivity index (χ3v) is 11.4. The van der Waals surface area contributed by atoms with Gasteiger partial charge in [0.05, 0.1) is 65.9 Å². The number of hydrogen-bond donors (Lipinski definition) is 7. The summed E-state index contributed by atoms with van der Waals surface area (Å²) in [5.41, 5.74) is 2.51. The number of esters is 1. The second kappa shape index (κ2) is 16.3. The first-order valence-electron chi connectivity index (χ1n) is 18.5. The summed E-state index contributed by atoms with van der Waals surface area (Å²) in [4.78, 5) is 13.7. The van der Waals surface area contributed by atoms with Crippen LogP contribution in [0.15, 0.2) is 30.5 Å². The van der Waals surface area contributed by atoms with Crippen LogP contribution in [0, 0.1) is 11.8 Å². The van der Waals surface area contributed by atoms with Gasteiger partial charge in [0.1, 0.15) is 54.5 Å². The highest BCUT2D eigenvalue weighted by atomic mass is 16.7. The zero-order chi connectivity index (χ0) is 41.0. The summed E-state index contributed by atoms with van der Waals surface area (Å²) in [5.74, 6) is 0.149. The Morgan fingerprint density at radius 3 is 2.02 bits per heavy atom. The van der Waals surface area contributed by atoms with E-state index < -0.39 is 104 Å². The van der Waals surface area contributed by atoms with E-state index in [0.717, 1.165) is 11.1 Å². The minimum atomic E-state index is -1.75. The maximum atomic E-state index is 13.7. The zero-order valence-corrected chi connectivity index (χ0v) is 31.5. The highest BCUT2D eigenvalue weighted by molar-refractivity contribution is 5.79. The predicted octanol–water partition coefficient (Wildman–Crippen LogP) is -2.30. The number of fused-ring (bicyclic) bond motifs is 3. The van der Waals surface area contributed by atoms with Crippen molar-refractivity contribution in [3.05, 3.63) is 52.8 Å². The number of hydrogen-bond acceptors (Lipinski definition) is 20. The molecule has 0 spiro atoms. The van der Waals surface area contributed by atoms with Crippen LogP contribution in [0.5, 0.6) is 28.7 Å². The average Bonchev–Trinajstić information content (AvgIpc) is 4.00. The largest absolute Gasteiger partial charge is 0.493 e. The summed E-state index contributed by atoms with van der Waals surface area (Å²) in [6.45, 7) is -1.41. The van der Waals surface area contributed by atoms with E-state index in [1.807, 2.05) is 12.1 Å². The Kier molecular flexibility index (Phi) is 11.4. The maximum absolute atomic E-state index is 13.7. The Hall–Kier alpha value is -4.39. The highest BCUT2D eigenvalue weighted by Gasteiger charge is 2.54. The highest BCUT2D eigenvalue weighted by Crippen LogP contribution is 2.56. The number of aliphatic hydroxyl groups is 7. The van der Waals surface area contributed by atoms with Crippen molar-refractivity contribution in [2.75, 3.05) is 47.9 Å². The average molecular weight is 820 g/mol. The van der Waals surface area contributed by atoms with E-state index in [9.17, 15) is 40.5 Å². The molecule has 0 unspecified atom stereocenters. The molecule has 0 bridgehead atoms. The Morgan fingerprint density at radius 2 is 1.38 bits per heavy atom. The van der Waals surface area contributed by atoms with E-state index >= 15 is 0 Å². The zero-order valence-electron chi connectivity index (χ0n) is 31.5. The van der Waals surface area contributed by atoms with Crippen LogP contribution < -0.4 is 23.7 Å². The van der Waals surface area contributed by atoms with E-state index in [0.29, 0.717) is 34.3 Å². The van der Waals surface area contributed by atoms with Gasteiger partial charge in [0, 0.05) is 11.8 Å². The molecule has 21 heteroatoms. The fourth-order valence-electron chi connectivity index (χ4n) is 8.42. The molecule has 58 heavy (non-hydrogen) atoms. The Balaban J connectivity index is 1.04. The number of rotatable bonds is 12. The van der Waals surface area contributed by atoms with Gasteiger partial charge in [-0.25, -0.2) is 4.68 Å². The van der Waals surface area contributed by atoms with Crippen molar-refractivity contribution in [1.29, 1.82) is 0 Å². The van der Waals surface area contributed by atoms with Crippen molar-refractivity contribution < 1.29 is 87.9 Å². The summed E-state index contributed by atoms with van der Waals surface area (Å²) in [6.07, 6.45) is -14.2. The molecule has 0 saturated carbocycles. The minimum Gasteiger partial charge on any atom is -0.493 e. The molecule has 0 radical (unpaired) electrons. The van der Waals surface area contributed by atoms with Crippen molar-refractivity contribution in [2.24, 2.45) is 11.8 Å². The van der Waals surface area contributed by atoms with Gasteiger partial charge in [0.2, 0.25) is 12.5 Å². The number of ether oxygens (including phenoxy) is 10. The lowest BCUT2D eigenvalue weighted by Gasteiger charge is -2.42. The second-order valence-electron chi connectivity index (χ2n) is 14.6. The molecule has 3 saturated heterocycles. The van der Waals surface area contributed by atoms with Gasteiger partial charge in [-0.1, -0.05) is 5.21 Å². The van der Waals surface area contributed by atoms with Crippen LogP contribution >= 0.6 is 0 Å². The van der Waals surface area contributed by atoms with E-state index in [2.05, 4.69) is 10.3 Å².